The minimum atomic E-state index is -0.347. The Morgan fingerprint density at radius 2 is 1.93 bits per heavy atom. The first kappa shape index (κ1) is 12.5. The van der Waals surface area contributed by atoms with Crippen LogP contribution in [0.25, 0.3) is 0 Å². The monoisotopic (exact) mass is 335 g/mol. The van der Waals surface area contributed by atoms with Gasteiger partial charge in [0.25, 0.3) is 0 Å². The van der Waals surface area contributed by atoms with Gasteiger partial charge in [0, 0.05) is 23.0 Å². The molecule has 3 nitrogen and oxygen atoms in total. The lowest BCUT2D eigenvalue weighted by Crippen LogP contribution is -2.15. The number of ether oxygens (including phenoxy) is 1. The number of anilines is 1. The number of esters is 1. The molecule has 0 aliphatic heterocycles. The number of methoxy groups -OCH3 is 1. The molecule has 1 aromatic rings. The molecule has 0 saturated heterocycles. The highest BCUT2D eigenvalue weighted by molar-refractivity contribution is 9.11. The van der Waals surface area contributed by atoms with E-state index < -0.39 is 0 Å². The number of hydrogen-bond acceptors (Lipinski definition) is 3. The van der Waals surface area contributed by atoms with Crippen LogP contribution in [0.4, 0.5) is 5.69 Å². The van der Waals surface area contributed by atoms with Crippen molar-refractivity contribution >= 4 is 43.5 Å². The second-order valence-electron chi connectivity index (χ2n) is 3.17. The van der Waals surface area contributed by atoms with Crippen LogP contribution in [-0.2, 0) is 4.74 Å². The Bertz CT molecular complexity index is 391. The summed E-state index contributed by atoms with van der Waals surface area (Å²) in [6.45, 7) is 0. The van der Waals surface area contributed by atoms with E-state index in [0.717, 1.165) is 14.6 Å². The summed E-state index contributed by atoms with van der Waals surface area (Å²) in [6, 6.07) is 3.63. The van der Waals surface area contributed by atoms with Crippen LogP contribution in [0.3, 0.4) is 0 Å². The predicted molar refractivity (Wildman–Crippen MR) is 67.5 cm³/mol. The summed E-state index contributed by atoms with van der Waals surface area (Å²) < 4.78 is 6.41. The maximum Gasteiger partial charge on any atom is 0.340 e. The van der Waals surface area contributed by atoms with Crippen molar-refractivity contribution < 1.29 is 9.53 Å². The summed E-state index contributed by atoms with van der Waals surface area (Å²) in [5.41, 5.74) is 1.34. The van der Waals surface area contributed by atoms with Crippen LogP contribution >= 0.6 is 31.9 Å². The molecule has 0 atom stereocenters. The van der Waals surface area contributed by atoms with Crippen molar-refractivity contribution in [3.05, 3.63) is 26.6 Å². The SMILES string of the molecule is COC(=O)c1cc(Br)cc(Br)c1N(C)C. The molecule has 0 fully saturated rings. The molecule has 0 aromatic heterocycles. The summed E-state index contributed by atoms with van der Waals surface area (Å²) in [7, 11) is 5.12. The molecule has 1 aromatic carbocycles. The molecule has 0 radical (unpaired) electrons. The van der Waals surface area contributed by atoms with E-state index in [1.54, 1.807) is 6.07 Å². The number of carbonyl (C=O) groups excluding carboxylic acids is 1. The van der Waals surface area contributed by atoms with E-state index in [1.807, 2.05) is 25.1 Å². The number of halogens is 2. The number of rotatable bonds is 2. The van der Waals surface area contributed by atoms with Gasteiger partial charge in [0.2, 0.25) is 0 Å². The standard InChI is InChI=1S/C10H11Br2NO2/c1-13(2)9-7(10(14)15-3)4-6(11)5-8(9)12/h4-5H,1-3H3. The summed E-state index contributed by atoms with van der Waals surface area (Å²) in [6.07, 6.45) is 0. The van der Waals surface area contributed by atoms with Crippen LogP contribution in [0, 0.1) is 0 Å². The van der Waals surface area contributed by atoms with Crippen LogP contribution in [0.5, 0.6) is 0 Å². The molecule has 0 amide bonds. The highest BCUT2D eigenvalue weighted by Crippen LogP contribution is 2.32. The number of hydrogen-bond donors (Lipinski definition) is 0. The highest BCUT2D eigenvalue weighted by Gasteiger charge is 2.17. The average Bonchev–Trinajstić information content (AvgIpc) is 2.14. The van der Waals surface area contributed by atoms with Crippen molar-refractivity contribution in [3.63, 3.8) is 0 Å². The molecule has 0 unspecified atom stereocenters. The Morgan fingerprint density at radius 1 is 1.33 bits per heavy atom. The van der Waals surface area contributed by atoms with Gasteiger partial charge in [0.15, 0.2) is 0 Å². The highest BCUT2D eigenvalue weighted by atomic mass is 79.9. The number of carbonyl (C=O) groups is 1. The van der Waals surface area contributed by atoms with E-state index in [9.17, 15) is 4.79 Å². The molecule has 0 spiro atoms. The van der Waals surface area contributed by atoms with E-state index in [4.69, 9.17) is 4.74 Å². The largest absolute Gasteiger partial charge is 0.465 e. The second kappa shape index (κ2) is 4.99. The Labute approximate surface area is 106 Å². The lowest BCUT2D eigenvalue weighted by molar-refractivity contribution is 0.0601. The van der Waals surface area contributed by atoms with E-state index in [1.165, 1.54) is 7.11 Å². The van der Waals surface area contributed by atoms with E-state index in [2.05, 4.69) is 31.9 Å². The first-order chi connectivity index (χ1) is 6.97. The van der Waals surface area contributed by atoms with Gasteiger partial charge in [0.1, 0.15) is 0 Å². The van der Waals surface area contributed by atoms with Gasteiger partial charge in [-0.2, -0.15) is 0 Å². The van der Waals surface area contributed by atoms with Crippen molar-refractivity contribution in [1.29, 1.82) is 0 Å². The summed E-state index contributed by atoms with van der Waals surface area (Å²) in [4.78, 5) is 13.4. The quantitative estimate of drug-likeness (QED) is 0.777. The van der Waals surface area contributed by atoms with Crippen molar-refractivity contribution in [2.24, 2.45) is 0 Å². The van der Waals surface area contributed by atoms with Gasteiger partial charge in [-0.15, -0.1) is 0 Å². The van der Waals surface area contributed by atoms with E-state index in [0.29, 0.717) is 5.56 Å². The topological polar surface area (TPSA) is 29.5 Å². The first-order valence-corrected chi connectivity index (χ1v) is 5.80. The van der Waals surface area contributed by atoms with Crippen LogP contribution in [0.15, 0.2) is 21.1 Å². The zero-order chi connectivity index (χ0) is 11.6. The third kappa shape index (κ3) is 2.72. The minimum Gasteiger partial charge on any atom is -0.465 e. The fourth-order valence-corrected chi connectivity index (χ4v) is 2.87. The summed E-state index contributed by atoms with van der Waals surface area (Å²) in [5, 5.41) is 0. The van der Waals surface area contributed by atoms with Gasteiger partial charge >= 0.3 is 5.97 Å². The van der Waals surface area contributed by atoms with Gasteiger partial charge in [-0.05, 0) is 28.1 Å². The van der Waals surface area contributed by atoms with Crippen LogP contribution in [0.1, 0.15) is 10.4 Å². The first-order valence-electron chi connectivity index (χ1n) is 4.22. The molecule has 5 heteroatoms. The fraction of sp³-hybridized carbons (Fsp3) is 0.300. The van der Waals surface area contributed by atoms with Crippen molar-refractivity contribution in [1.82, 2.24) is 0 Å². The molecule has 0 bridgehead atoms. The Kier molecular flexibility index (Phi) is 4.16. The second-order valence-corrected chi connectivity index (χ2v) is 4.94. The van der Waals surface area contributed by atoms with Gasteiger partial charge in [-0.25, -0.2) is 4.79 Å². The number of nitrogens with zero attached hydrogens (tertiary/aromatic N) is 1. The molecule has 15 heavy (non-hydrogen) atoms. The zero-order valence-corrected chi connectivity index (χ0v) is 11.8. The fourth-order valence-electron chi connectivity index (χ4n) is 1.29. The Morgan fingerprint density at radius 3 is 2.40 bits per heavy atom. The van der Waals surface area contributed by atoms with E-state index >= 15 is 0 Å². The van der Waals surface area contributed by atoms with Crippen LogP contribution < -0.4 is 4.90 Å². The van der Waals surface area contributed by atoms with Gasteiger partial charge in [-0.1, -0.05) is 15.9 Å². The van der Waals surface area contributed by atoms with Crippen LogP contribution in [0.2, 0.25) is 0 Å². The molecular formula is C10H11Br2NO2. The van der Waals surface area contributed by atoms with Crippen molar-refractivity contribution in [2.45, 2.75) is 0 Å². The van der Waals surface area contributed by atoms with Gasteiger partial charge in [-0.3, -0.25) is 0 Å². The molecular weight excluding hydrogens is 326 g/mol. The number of benzene rings is 1. The molecule has 0 aliphatic rings. The molecule has 82 valence electrons. The zero-order valence-electron chi connectivity index (χ0n) is 8.67. The Hall–Kier alpha value is -0.550. The normalized spacial score (nSPS) is 9.93. The van der Waals surface area contributed by atoms with Crippen LogP contribution in [-0.4, -0.2) is 27.2 Å². The lowest BCUT2D eigenvalue weighted by atomic mass is 10.1. The molecule has 0 N–H and O–H groups in total. The predicted octanol–water partition coefficient (Wildman–Crippen LogP) is 3.06. The van der Waals surface area contributed by atoms with Crippen molar-refractivity contribution in [2.75, 3.05) is 26.1 Å². The molecule has 0 heterocycles. The lowest BCUT2D eigenvalue weighted by Gasteiger charge is -2.18. The van der Waals surface area contributed by atoms with E-state index in [-0.39, 0.29) is 5.97 Å². The van der Waals surface area contributed by atoms with Gasteiger partial charge in [0.05, 0.1) is 18.4 Å². The summed E-state index contributed by atoms with van der Waals surface area (Å²) in [5.74, 6) is -0.347. The molecule has 0 saturated carbocycles. The Balaban J connectivity index is 3.40. The minimum absolute atomic E-state index is 0.347. The average molecular weight is 337 g/mol. The van der Waals surface area contributed by atoms with Gasteiger partial charge < -0.3 is 9.64 Å². The maximum absolute atomic E-state index is 11.6. The molecule has 1 rings (SSSR count). The third-order valence-electron chi connectivity index (χ3n) is 1.88. The smallest absolute Gasteiger partial charge is 0.340 e. The third-order valence-corrected chi connectivity index (χ3v) is 2.94. The maximum atomic E-state index is 11.6. The molecule has 0 aliphatic carbocycles. The van der Waals surface area contributed by atoms with Crippen molar-refractivity contribution in [3.8, 4) is 0 Å². The summed E-state index contributed by atoms with van der Waals surface area (Å²) >= 11 is 6.75.